The number of hydrogen-bond donors (Lipinski definition) is 0. The molecular weight excluding hydrogens is 594 g/mol. The second-order valence-corrected chi connectivity index (χ2v) is 9.83. The van der Waals surface area contributed by atoms with Gasteiger partial charge < -0.3 is 5.21 Å². The molecule has 0 saturated heterocycles. The normalized spacial score (nSPS) is 12.5. The molecule has 0 radical (unpaired) electrons. The van der Waals surface area contributed by atoms with Crippen molar-refractivity contribution in [1.29, 1.82) is 0 Å². The summed E-state index contributed by atoms with van der Waals surface area (Å²) in [6.45, 7) is 0. The molecule has 0 N–H and O–H groups in total. The van der Waals surface area contributed by atoms with Crippen molar-refractivity contribution in [3.05, 3.63) is 107 Å². The Kier molecular flexibility index (Phi) is 7.05. The van der Waals surface area contributed by atoms with Crippen LogP contribution in [0.4, 0.5) is 17.6 Å². The van der Waals surface area contributed by atoms with E-state index in [2.05, 4.69) is 35.9 Å². The second kappa shape index (κ2) is 10.9. The molecule has 43 heavy (non-hydrogen) atoms. The molecule has 5 heterocycles. The maximum atomic E-state index is 15.3. The summed E-state index contributed by atoms with van der Waals surface area (Å²) in [5.74, 6) is -0.772. The van der Waals surface area contributed by atoms with E-state index in [0.717, 1.165) is 12.3 Å². The zero-order chi connectivity index (χ0) is 30.3. The minimum absolute atomic E-state index is 0.000886. The van der Waals surface area contributed by atoms with Crippen LogP contribution in [0.2, 0.25) is 5.02 Å². The predicted octanol–water partition coefficient (Wildman–Crippen LogP) is 3.99. The number of halogens is 5. The number of hydrogen-bond acceptors (Lipinski definition) is 8. The van der Waals surface area contributed by atoms with Crippen molar-refractivity contribution in [3.8, 4) is 27.9 Å². The topological polar surface area (TPSA) is 132 Å². The van der Waals surface area contributed by atoms with Crippen molar-refractivity contribution < 1.29 is 22.3 Å². The Bertz CT molecular complexity index is 1920. The minimum Gasteiger partial charge on any atom is -0.618 e. The highest BCUT2D eigenvalue weighted by Crippen LogP contribution is 2.34. The van der Waals surface area contributed by atoms with E-state index in [-0.39, 0.29) is 39.5 Å². The Morgan fingerprint density at radius 2 is 1.88 bits per heavy atom. The molecule has 5 aromatic heterocycles. The first kappa shape index (κ1) is 27.9. The van der Waals surface area contributed by atoms with Crippen molar-refractivity contribution in [3.63, 3.8) is 0 Å². The van der Waals surface area contributed by atoms with E-state index in [1.54, 1.807) is 19.3 Å². The predicted molar refractivity (Wildman–Crippen MR) is 142 cm³/mol. The molecule has 17 heteroatoms. The largest absolute Gasteiger partial charge is 0.618 e. The second-order valence-electron chi connectivity index (χ2n) is 9.42. The van der Waals surface area contributed by atoms with Crippen LogP contribution in [-0.4, -0.2) is 50.0 Å². The van der Waals surface area contributed by atoms with Crippen LogP contribution in [0, 0.1) is 11.0 Å². The van der Waals surface area contributed by atoms with E-state index >= 15 is 4.39 Å². The third kappa shape index (κ3) is 5.51. The maximum Gasteiger partial charge on any atom is 0.433 e. The average Bonchev–Trinajstić information content (AvgIpc) is 3.76. The van der Waals surface area contributed by atoms with Crippen LogP contribution in [-0.2, 0) is 19.6 Å². The molecule has 1 aromatic carbocycles. The summed E-state index contributed by atoms with van der Waals surface area (Å²) in [7, 11) is 1.68. The average molecular weight is 612 g/mol. The van der Waals surface area contributed by atoms with Crippen molar-refractivity contribution in [2.75, 3.05) is 0 Å². The number of alkyl halides is 3. The van der Waals surface area contributed by atoms with Gasteiger partial charge in [0.05, 0.1) is 33.7 Å². The van der Waals surface area contributed by atoms with Crippen LogP contribution in [0.5, 0.6) is 0 Å². The van der Waals surface area contributed by atoms with Gasteiger partial charge in [-0.05, 0) is 46.3 Å². The van der Waals surface area contributed by atoms with Crippen LogP contribution in [0.3, 0.4) is 0 Å². The fourth-order valence-electron chi connectivity index (χ4n) is 4.62. The summed E-state index contributed by atoms with van der Waals surface area (Å²) in [5.41, 5.74) is 0.738. The monoisotopic (exact) mass is 611 g/mol. The number of tetrazole rings is 1. The third-order valence-corrected chi connectivity index (χ3v) is 6.89. The molecule has 0 amide bonds. The van der Waals surface area contributed by atoms with E-state index in [4.69, 9.17) is 11.6 Å². The van der Waals surface area contributed by atoms with Gasteiger partial charge in [0.1, 0.15) is 18.1 Å². The summed E-state index contributed by atoms with van der Waals surface area (Å²) in [6, 6.07) is 7.49. The zero-order valence-electron chi connectivity index (χ0n) is 21.9. The summed E-state index contributed by atoms with van der Waals surface area (Å²) in [5, 5.41) is 36.8. The minimum atomic E-state index is -4.62. The summed E-state index contributed by atoms with van der Waals surface area (Å²) in [6.07, 6.45) is 3.64. The van der Waals surface area contributed by atoms with Crippen LogP contribution >= 0.6 is 11.6 Å². The molecule has 0 aliphatic carbocycles. The van der Waals surface area contributed by atoms with Gasteiger partial charge >= 0.3 is 6.18 Å². The third-order valence-electron chi connectivity index (χ3n) is 6.60. The van der Waals surface area contributed by atoms with Gasteiger partial charge in [0.2, 0.25) is 5.69 Å². The summed E-state index contributed by atoms with van der Waals surface area (Å²) in [4.78, 5) is 3.40. The van der Waals surface area contributed by atoms with Gasteiger partial charge in [-0.15, -0.1) is 10.2 Å². The van der Waals surface area contributed by atoms with Gasteiger partial charge in [0.25, 0.3) is 0 Å². The molecule has 6 rings (SSSR count). The van der Waals surface area contributed by atoms with Gasteiger partial charge in [0.15, 0.2) is 12.0 Å². The number of rotatable bonds is 7. The highest BCUT2D eigenvalue weighted by molar-refractivity contribution is 6.31. The Balaban J connectivity index is 1.42. The van der Waals surface area contributed by atoms with Crippen molar-refractivity contribution in [2.45, 2.75) is 18.6 Å². The molecule has 0 fully saturated rings. The number of aromatic nitrogens is 11. The van der Waals surface area contributed by atoms with Gasteiger partial charge in [0, 0.05) is 43.7 Å². The summed E-state index contributed by atoms with van der Waals surface area (Å²) >= 11 is 6.06. The van der Waals surface area contributed by atoms with Gasteiger partial charge in [-0.2, -0.15) is 27.7 Å². The van der Waals surface area contributed by atoms with Gasteiger partial charge in [-0.3, -0.25) is 14.3 Å². The van der Waals surface area contributed by atoms with Crippen LogP contribution < -0.4 is 4.73 Å². The lowest BCUT2D eigenvalue weighted by atomic mass is 10.0. The summed E-state index contributed by atoms with van der Waals surface area (Å²) < 4.78 is 59.8. The zero-order valence-corrected chi connectivity index (χ0v) is 22.7. The van der Waals surface area contributed by atoms with Crippen LogP contribution in [0.1, 0.15) is 23.1 Å². The Morgan fingerprint density at radius 3 is 2.58 bits per heavy atom. The van der Waals surface area contributed by atoms with E-state index in [9.17, 15) is 18.4 Å². The Hall–Kier alpha value is -5.25. The van der Waals surface area contributed by atoms with E-state index in [0.29, 0.717) is 16.0 Å². The van der Waals surface area contributed by atoms with Crippen LogP contribution in [0.25, 0.3) is 27.9 Å². The van der Waals surface area contributed by atoms with E-state index in [1.165, 1.54) is 63.2 Å². The standard InChI is InChI=1S/C26H18ClF4N11O/c1-39-13-18(35-37-39)9-22(40-11-17(10-34-40)15-6-7-32-23(8-15)26(29,30)31)20-4-2-16(12-42(20)43)24-21(41-14-33-36-38-41)5-3-19(27)25(24)28/h2-8,10-14,22H,9H2,1H3/t22-/m0/s1. The van der Waals surface area contributed by atoms with E-state index < -0.39 is 23.7 Å². The van der Waals surface area contributed by atoms with Crippen molar-refractivity contribution >= 4 is 11.6 Å². The molecule has 0 aliphatic heterocycles. The lowest BCUT2D eigenvalue weighted by Crippen LogP contribution is -2.36. The van der Waals surface area contributed by atoms with Crippen molar-refractivity contribution in [2.24, 2.45) is 7.05 Å². The molecule has 0 bridgehead atoms. The molecule has 0 unspecified atom stereocenters. The molecule has 218 valence electrons. The number of benzene rings is 1. The fourth-order valence-corrected chi connectivity index (χ4v) is 4.78. The number of nitrogens with zero attached hydrogens (tertiary/aromatic N) is 11. The van der Waals surface area contributed by atoms with Crippen molar-refractivity contribution in [1.82, 2.24) is 50.0 Å². The SMILES string of the molecule is Cn1cc(C[C@@H](c2ccc(-c3c(-n4cnnn4)ccc(Cl)c3F)c[n+]2[O-])n2cc(-c3ccnc(C(F)(F)F)c3)cn2)nn1. The van der Waals surface area contributed by atoms with Crippen LogP contribution in [0.15, 0.2) is 73.7 Å². The molecule has 0 aliphatic rings. The van der Waals surface area contributed by atoms with Gasteiger partial charge in [-0.1, -0.05) is 16.8 Å². The quantitative estimate of drug-likeness (QED) is 0.150. The lowest BCUT2D eigenvalue weighted by Gasteiger charge is -2.17. The molecule has 0 saturated carbocycles. The number of pyridine rings is 2. The Morgan fingerprint density at radius 1 is 1.05 bits per heavy atom. The number of aryl methyl sites for hydroxylation is 1. The Labute approximate surface area is 244 Å². The first-order chi connectivity index (χ1) is 20.6. The first-order valence-corrected chi connectivity index (χ1v) is 12.8. The van der Waals surface area contributed by atoms with E-state index in [1.807, 2.05) is 0 Å². The smallest absolute Gasteiger partial charge is 0.433 e. The fraction of sp³-hybridized carbons (Fsp3) is 0.154. The lowest BCUT2D eigenvalue weighted by molar-refractivity contribution is -0.615. The highest BCUT2D eigenvalue weighted by Gasteiger charge is 2.33. The first-order valence-electron chi connectivity index (χ1n) is 12.5. The molecule has 0 spiro atoms. The molecule has 6 aromatic rings. The molecule has 1 atom stereocenters. The van der Waals surface area contributed by atoms with Gasteiger partial charge in [-0.25, -0.2) is 4.39 Å². The molecular formula is C26H18ClF4N11O. The maximum absolute atomic E-state index is 15.3. The molecule has 12 nitrogen and oxygen atoms in total. The highest BCUT2D eigenvalue weighted by atomic mass is 35.5.